The third kappa shape index (κ3) is 4.24. The van der Waals surface area contributed by atoms with Gasteiger partial charge in [0, 0.05) is 12.5 Å². The van der Waals surface area contributed by atoms with E-state index in [9.17, 15) is 4.79 Å². The van der Waals surface area contributed by atoms with Gasteiger partial charge in [0.2, 0.25) is 5.91 Å². The first-order chi connectivity index (χ1) is 7.09. The minimum atomic E-state index is -0.0987. The van der Waals surface area contributed by atoms with Crippen molar-refractivity contribution in [2.45, 2.75) is 6.92 Å². The van der Waals surface area contributed by atoms with E-state index >= 15 is 0 Å². The molecule has 4 heteroatoms. The Bertz CT molecular complexity index is 432. The van der Waals surface area contributed by atoms with Crippen LogP contribution in [0.1, 0.15) is 12.5 Å². The summed E-state index contributed by atoms with van der Waals surface area (Å²) in [4.78, 5) is 10.5. The first kappa shape index (κ1) is 11.9. The lowest BCUT2D eigenvalue weighted by Gasteiger charge is -1.95. The van der Waals surface area contributed by atoms with E-state index in [4.69, 9.17) is 23.2 Å². The lowest BCUT2D eigenvalue weighted by molar-refractivity contribution is -0.118. The van der Waals surface area contributed by atoms with Crippen LogP contribution in [0, 0.1) is 11.8 Å². The molecule has 0 unspecified atom stereocenters. The zero-order valence-electron chi connectivity index (χ0n) is 8.10. The van der Waals surface area contributed by atoms with Gasteiger partial charge in [-0.2, -0.15) is 0 Å². The van der Waals surface area contributed by atoms with Gasteiger partial charge in [0.05, 0.1) is 16.6 Å². The molecule has 0 atom stereocenters. The van der Waals surface area contributed by atoms with Crippen molar-refractivity contribution in [2.75, 3.05) is 6.54 Å². The first-order valence-corrected chi connectivity index (χ1v) is 5.03. The quantitative estimate of drug-likeness (QED) is 0.753. The van der Waals surface area contributed by atoms with Gasteiger partial charge in [0.1, 0.15) is 0 Å². The molecule has 0 fully saturated rings. The summed E-state index contributed by atoms with van der Waals surface area (Å²) in [7, 11) is 0. The van der Waals surface area contributed by atoms with Gasteiger partial charge >= 0.3 is 0 Å². The maximum atomic E-state index is 10.5. The number of hydrogen-bond donors (Lipinski definition) is 1. The normalized spacial score (nSPS) is 9.00. The van der Waals surface area contributed by atoms with Crippen molar-refractivity contribution in [1.82, 2.24) is 5.32 Å². The molecule has 2 nitrogen and oxygen atoms in total. The Kier molecular flexibility index (Phi) is 4.48. The maximum Gasteiger partial charge on any atom is 0.217 e. The number of amides is 1. The van der Waals surface area contributed by atoms with Gasteiger partial charge in [-0.15, -0.1) is 0 Å². The Hall–Kier alpha value is -1.17. The number of rotatable bonds is 1. The molecule has 0 aromatic heterocycles. The topological polar surface area (TPSA) is 29.1 Å². The number of halogens is 2. The standard InChI is InChI=1S/C11H9Cl2NO/c1-8(15)14-6-2-3-9-4-5-10(12)11(13)7-9/h4-5,7H,6H2,1H3,(H,14,15). The third-order valence-electron chi connectivity index (χ3n) is 1.58. The minimum absolute atomic E-state index is 0.0987. The Morgan fingerprint density at radius 3 is 2.73 bits per heavy atom. The number of carbonyl (C=O) groups excluding carboxylic acids is 1. The van der Waals surface area contributed by atoms with Crippen molar-refractivity contribution in [3.05, 3.63) is 33.8 Å². The summed E-state index contributed by atoms with van der Waals surface area (Å²) in [6.45, 7) is 1.77. The average Bonchev–Trinajstić information content (AvgIpc) is 2.18. The van der Waals surface area contributed by atoms with Gasteiger partial charge in [0.15, 0.2) is 0 Å². The number of nitrogens with one attached hydrogen (secondary N) is 1. The fraction of sp³-hybridized carbons (Fsp3) is 0.182. The third-order valence-corrected chi connectivity index (χ3v) is 2.32. The summed E-state index contributed by atoms with van der Waals surface area (Å²) in [6.07, 6.45) is 0. The van der Waals surface area contributed by atoms with Gasteiger partial charge in [-0.05, 0) is 18.2 Å². The molecular weight excluding hydrogens is 233 g/mol. The van der Waals surface area contributed by atoms with Gasteiger partial charge in [0.25, 0.3) is 0 Å². The highest BCUT2D eigenvalue weighted by Gasteiger charge is 1.96. The lowest BCUT2D eigenvalue weighted by Crippen LogP contribution is -2.19. The monoisotopic (exact) mass is 241 g/mol. The van der Waals surface area contributed by atoms with Crippen LogP contribution in [0.5, 0.6) is 0 Å². The average molecular weight is 242 g/mol. The van der Waals surface area contributed by atoms with Crippen molar-refractivity contribution < 1.29 is 4.79 Å². The molecule has 1 amide bonds. The van der Waals surface area contributed by atoms with Crippen LogP contribution in [0.15, 0.2) is 18.2 Å². The highest BCUT2D eigenvalue weighted by atomic mass is 35.5. The number of carbonyl (C=O) groups is 1. The molecule has 0 aliphatic carbocycles. The summed E-state index contributed by atoms with van der Waals surface area (Å²) in [5.41, 5.74) is 0.773. The summed E-state index contributed by atoms with van der Waals surface area (Å²) in [5.74, 6) is 5.56. The van der Waals surface area contributed by atoms with E-state index in [0.717, 1.165) is 5.56 Å². The van der Waals surface area contributed by atoms with E-state index < -0.39 is 0 Å². The summed E-state index contributed by atoms with van der Waals surface area (Å²) >= 11 is 11.6. The van der Waals surface area contributed by atoms with Gasteiger partial charge < -0.3 is 5.32 Å². The fourth-order valence-corrected chi connectivity index (χ4v) is 1.19. The molecule has 0 heterocycles. The Morgan fingerprint density at radius 2 is 2.13 bits per heavy atom. The molecule has 0 bridgehead atoms. The largest absolute Gasteiger partial charge is 0.345 e. The summed E-state index contributed by atoms with van der Waals surface area (Å²) in [5, 5.41) is 3.55. The van der Waals surface area contributed by atoms with Crippen LogP contribution in [0.2, 0.25) is 10.0 Å². The smallest absolute Gasteiger partial charge is 0.217 e. The molecule has 0 radical (unpaired) electrons. The van der Waals surface area contributed by atoms with E-state index in [1.807, 2.05) is 0 Å². The van der Waals surface area contributed by atoms with Crippen molar-refractivity contribution in [3.63, 3.8) is 0 Å². The van der Waals surface area contributed by atoms with E-state index in [1.54, 1.807) is 18.2 Å². The summed E-state index contributed by atoms with van der Waals surface area (Å²) in [6, 6.07) is 5.14. The number of benzene rings is 1. The second-order valence-electron chi connectivity index (χ2n) is 2.84. The van der Waals surface area contributed by atoms with Gasteiger partial charge in [-0.25, -0.2) is 0 Å². The van der Waals surface area contributed by atoms with Crippen LogP contribution in [-0.2, 0) is 4.79 Å². The number of hydrogen-bond acceptors (Lipinski definition) is 1. The van der Waals surface area contributed by atoms with Crippen LogP contribution in [0.3, 0.4) is 0 Å². The molecule has 1 aromatic carbocycles. The summed E-state index contributed by atoms with van der Waals surface area (Å²) < 4.78 is 0. The fourth-order valence-electron chi connectivity index (χ4n) is 0.889. The Balaban J connectivity index is 2.64. The molecule has 0 spiro atoms. The first-order valence-electron chi connectivity index (χ1n) is 4.28. The van der Waals surface area contributed by atoms with Crippen molar-refractivity contribution in [2.24, 2.45) is 0 Å². The Labute approximate surface area is 98.6 Å². The van der Waals surface area contributed by atoms with E-state index in [0.29, 0.717) is 16.6 Å². The maximum absolute atomic E-state index is 10.5. The predicted molar refractivity (Wildman–Crippen MR) is 62.0 cm³/mol. The molecule has 0 saturated carbocycles. The second kappa shape index (κ2) is 5.65. The molecule has 15 heavy (non-hydrogen) atoms. The molecule has 1 N–H and O–H groups in total. The van der Waals surface area contributed by atoms with Crippen LogP contribution in [-0.4, -0.2) is 12.5 Å². The van der Waals surface area contributed by atoms with E-state index in [-0.39, 0.29) is 5.91 Å². The highest BCUT2D eigenvalue weighted by Crippen LogP contribution is 2.21. The lowest BCUT2D eigenvalue weighted by atomic mass is 10.2. The molecule has 0 aliphatic rings. The zero-order valence-corrected chi connectivity index (χ0v) is 9.62. The van der Waals surface area contributed by atoms with Crippen LogP contribution < -0.4 is 5.32 Å². The van der Waals surface area contributed by atoms with Crippen LogP contribution in [0.4, 0.5) is 0 Å². The van der Waals surface area contributed by atoms with Crippen LogP contribution >= 0.6 is 23.2 Å². The van der Waals surface area contributed by atoms with Crippen molar-refractivity contribution in [1.29, 1.82) is 0 Å². The second-order valence-corrected chi connectivity index (χ2v) is 3.65. The molecule has 78 valence electrons. The highest BCUT2D eigenvalue weighted by molar-refractivity contribution is 6.42. The van der Waals surface area contributed by atoms with E-state index in [2.05, 4.69) is 17.2 Å². The van der Waals surface area contributed by atoms with Gasteiger partial charge in [-0.3, -0.25) is 4.79 Å². The van der Waals surface area contributed by atoms with E-state index in [1.165, 1.54) is 6.92 Å². The minimum Gasteiger partial charge on any atom is -0.345 e. The molecule has 0 aliphatic heterocycles. The van der Waals surface area contributed by atoms with Crippen molar-refractivity contribution >= 4 is 29.1 Å². The molecule has 0 saturated heterocycles. The molecule has 1 aromatic rings. The van der Waals surface area contributed by atoms with Gasteiger partial charge in [-0.1, -0.05) is 35.0 Å². The van der Waals surface area contributed by atoms with Crippen molar-refractivity contribution in [3.8, 4) is 11.8 Å². The van der Waals surface area contributed by atoms with Crippen LogP contribution in [0.25, 0.3) is 0 Å². The molecule has 1 rings (SSSR count). The SMILES string of the molecule is CC(=O)NCC#Cc1ccc(Cl)c(Cl)c1. The molecular formula is C11H9Cl2NO. The Morgan fingerprint density at radius 1 is 1.40 bits per heavy atom. The zero-order chi connectivity index (χ0) is 11.3. The predicted octanol–water partition coefficient (Wildman–Crippen LogP) is 2.48.